The molecular weight excluding hydrogens is 200 g/mol. The predicted molar refractivity (Wildman–Crippen MR) is 56.2 cm³/mol. The molecule has 3 nitrogen and oxygen atoms in total. The summed E-state index contributed by atoms with van der Waals surface area (Å²) in [6.07, 6.45) is 0.941. The van der Waals surface area contributed by atoms with Gasteiger partial charge in [0.15, 0.2) is 0 Å². The first-order chi connectivity index (χ1) is 6.29. The minimum Gasteiger partial charge on any atom is -0.368 e. The number of nitrogens with two attached hydrogens (primary N) is 1. The van der Waals surface area contributed by atoms with Gasteiger partial charge in [-0.25, -0.2) is 0 Å². The van der Waals surface area contributed by atoms with Gasteiger partial charge in [0.2, 0.25) is 5.91 Å². The molecule has 0 aliphatic carbocycles. The first-order valence-electron chi connectivity index (χ1n) is 4.30. The lowest BCUT2D eigenvalue weighted by molar-refractivity contribution is -0.120. The number of hydrogen-bond donors (Lipinski definition) is 2. The summed E-state index contributed by atoms with van der Waals surface area (Å²) in [6, 6.07) is 8.31. The maximum absolute atomic E-state index is 11.1. The van der Waals surface area contributed by atoms with Gasteiger partial charge in [0, 0.05) is 6.54 Å². The molecule has 0 aromatic heterocycles. The van der Waals surface area contributed by atoms with Gasteiger partial charge in [-0.15, -0.1) is 12.4 Å². The van der Waals surface area contributed by atoms with E-state index < -0.39 is 0 Å². The van der Waals surface area contributed by atoms with Crippen molar-refractivity contribution in [3.05, 3.63) is 35.4 Å². The fourth-order valence-corrected chi connectivity index (χ4v) is 1.69. The number of rotatable bonds is 1. The molecule has 0 saturated heterocycles. The van der Waals surface area contributed by atoms with Crippen molar-refractivity contribution in [2.75, 3.05) is 6.54 Å². The summed E-state index contributed by atoms with van der Waals surface area (Å²) in [6.45, 7) is 0.804. The van der Waals surface area contributed by atoms with E-state index in [1.807, 2.05) is 18.2 Å². The molecule has 1 radical (unpaired) electrons. The average Bonchev–Trinajstić information content (AvgIpc) is 2.17. The van der Waals surface area contributed by atoms with Crippen LogP contribution in [0.5, 0.6) is 0 Å². The van der Waals surface area contributed by atoms with Crippen molar-refractivity contribution in [2.24, 2.45) is 5.73 Å². The Bertz CT molecular complexity index is 341. The van der Waals surface area contributed by atoms with Crippen LogP contribution in [0.15, 0.2) is 18.2 Å². The van der Waals surface area contributed by atoms with E-state index in [1.54, 1.807) is 0 Å². The van der Waals surface area contributed by atoms with E-state index in [-0.39, 0.29) is 24.4 Å². The van der Waals surface area contributed by atoms with Gasteiger partial charge in [0.05, 0.1) is 0 Å². The summed E-state index contributed by atoms with van der Waals surface area (Å²) >= 11 is 0. The third-order valence-electron chi connectivity index (χ3n) is 2.33. The Balaban J connectivity index is 0.000000980. The van der Waals surface area contributed by atoms with Crippen molar-refractivity contribution in [1.29, 1.82) is 0 Å². The van der Waals surface area contributed by atoms with E-state index in [4.69, 9.17) is 5.73 Å². The predicted octanol–water partition coefficient (Wildman–Crippen LogP) is 0.581. The molecule has 4 heteroatoms. The molecule has 75 valence electrons. The number of hydrogen-bond acceptors (Lipinski definition) is 2. The number of halogens is 1. The van der Waals surface area contributed by atoms with Crippen LogP contribution in [0.1, 0.15) is 17.2 Å². The second-order valence-electron chi connectivity index (χ2n) is 3.16. The summed E-state index contributed by atoms with van der Waals surface area (Å²) in [5.41, 5.74) is 7.44. The Morgan fingerprint density at radius 3 is 3.14 bits per heavy atom. The van der Waals surface area contributed by atoms with Gasteiger partial charge >= 0.3 is 0 Å². The van der Waals surface area contributed by atoms with E-state index >= 15 is 0 Å². The van der Waals surface area contributed by atoms with Crippen LogP contribution in [0.25, 0.3) is 0 Å². The first-order valence-corrected chi connectivity index (χ1v) is 4.30. The van der Waals surface area contributed by atoms with Crippen LogP contribution in [0.2, 0.25) is 0 Å². The Kier molecular flexibility index (Phi) is 3.49. The third kappa shape index (κ3) is 1.89. The number of carbonyl (C=O) groups excluding carboxylic acids is 1. The lowest BCUT2D eigenvalue weighted by Gasteiger charge is -2.23. The van der Waals surface area contributed by atoms with Gasteiger partial charge < -0.3 is 11.1 Å². The zero-order chi connectivity index (χ0) is 9.26. The molecule has 0 fully saturated rings. The quantitative estimate of drug-likeness (QED) is 0.714. The van der Waals surface area contributed by atoms with E-state index in [2.05, 4.69) is 11.4 Å². The Labute approximate surface area is 89.1 Å². The number of primary amides is 1. The zero-order valence-corrected chi connectivity index (χ0v) is 8.43. The third-order valence-corrected chi connectivity index (χ3v) is 2.33. The lowest BCUT2D eigenvalue weighted by Crippen LogP contribution is -2.38. The van der Waals surface area contributed by atoms with Crippen LogP contribution < -0.4 is 11.1 Å². The lowest BCUT2D eigenvalue weighted by atomic mass is 9.94. The summed E-state index contributed by atoms with van der Waals surface area (Å²) in [7, 11) is 0. The van der Waals surface area contributed by atoms with E-state index in [0.29, 0.717) is 0 Å². The molecule has 1 aliphatic heterocycles. The minimum atomic E-state index is -0.321. The molecule has 1 unspecified atom stereocenters. The molecule has 0 spiro atoms. The Hall–Kier alpha value is -1.06. The smallest absolute Gasteiger partial charge is 0.239 e. The summed E-state index contributed by atoms with van der Waals surface area (Å²) < 4.78 is 0. The standard InChI is InChI=1S/C10H11N2O.ClH/c11-10(13)9-8-4-2-1-3-7(8)5-6-12-9;/h2-4,9,12H,5-6H2,(H2,11,13);1H. The number of amides is 1. The molecule has 0 saturated carbocycles. The van der Waals surface area contributed by atoms with Crippen LogP contribution in [0.3, 0.4) is 0 Å². The van der Waals surface area contributed by atoms with Gasteiger partial charge in [0.1, 0.15) is 6.04 Å². The summed E-state index contributed by atoms with van der Waals surface area (Å²) in [5, 5.41) is 3.09. The van der Waals surface area contributed by atoms with Gasteiger partial charge in [-0.3, -0.25) is 4.79 Å². The van der Waals surface area contributed by atoms with Gasteiger partial charge in [-0.1, -0.05) is 18.2 Å². The van der Waals surface area contributed by atoms with Crippen molar-refractivity contribution in [3.63, 3.8) is 0 Å². The highest BCUT2D eigenvalue weighted by molar-refractivity contribution is 5.85. The largest absolute Gasteiger partial charge is 0.368 e. The molecule has 0 bridgehead atoms. The van der Waals surface area contributed by atoms with Crippen LogP contribution >= 0.6 is 12.4 Å². The number of nitrogens with one attached hydrogen (secondary N) is 1. The second-order valence-corrected chi connectivity index (χ2v) is 3.16. The van der Waals surface area contributed by atoms with E-state index in [1.165, 1.54) is 5.56 Å². The molecule has 14 heavy (non-hydrogen) atoms. The molecular formula is C10H12ClN2O. The van der Waals surface area contributed by atoms with Gasteiger partial charge in [-0.05, 0) is 23.6 Å². The van der Waals surface area contributed by atoms with Crippen molar-refractivity contribution < 1.29 is 4.79 Å². The van der Waals surface area contributed by atoms with E-state index in [9.17, 15) is 4.79 Å². The fourth-order valence-electron chi connectivity index (χ4n) is 1.69. The van der Waals surface area contributed by atoms with Crippen molar-refractivity contribution >= 4 is 18.3 Å². The normalized spacial score (nSPS) is 19.3. The van der Waals surface area contributed by atoms with Crippen LogP contribution in [-0.2, 0) is 11.2 Å². The molecule has 1 aromatic carbocycles. The topological polar surface area (TPSA) is 55.1 Å². The second kappa shape index (κ2) is 4.44. The molecule has 2 rings (SSSR count). The van der Waals surface area contributed by atoms with Crippen LogP contribution in [0, 0.1) is 6.07 Å². The number of benzene rings is 1. The molecule has 1 atom stereocenters. The van der Waals surface area contributed by atoms with Crippen molar-refractivity contribution in [2.45, 2.75) is 12.5 Å². The summed E-state index contributed by atoms with van der Waals surface area (Å²) in [4.78, 5) is 11.1. The zero-order valence-electron chi connectivity index (χ0n) is 7.62. The minimum absolute atomic E-state index is 0. The average molecular weight is 212 g/mol. The Morgan fingerprint density at radius 1 is 1.64 bits per heavy atom. The molecule has 1 amide bonds. The van der Waals surface area contributed by atoms with Crippen molar-refractivity contribution in [1.82, 2.24) is 5.32 Å². The molecule has 1 heterocycles. The molecule has 1 aliphatic rings. The first kappa shape index (κ1) is 11.0. The molecule has 3 N–H and O–H groups in total. The maximum Gasteiger partial charge on any atom is 0.239 e. The maximum atomic E-state index is 11.1. The molecule has 1 aromatic rings. The number of fused-ring (bicyclic) bond motifs is 1. The van der Waals surface area contributed by atoms with Crippen molar-refractivity contribution in [3.8, 4) is 0 Å². The Morgan fingerprint density at radius 2 is 2.43 bits per heavy atom. The highest BCUT2D eigenvalue weighted by Crippen LogP contribution is 2.21. The van der Waals surface area contributed by atoms with Crippen LogP contribution in [0.4, 0.5) is 0 Å². The van der Waals surface area contributed by atoms with Gasteiger partial charge in [0.25, 0.3) is 0 Å². The van der Waals surface area contributed by atoms with E-state index in [0.717, 1.165) is 18.5 Å². The van der Waals surface area contributed by atoms with Gasteiger partial charge in [-0.2, -0.15) is 0 Å². The van der Waals surface area contributed by atoms with Crippen LogP contribution in [-0.4, -0.2) is 12.5 Å². The summed E-state index contributed by atoms with van der Waals surface area (Å²) in [5.74, 6) is -0.313. The highest BCUT2D eigenvalue weighted by atomic mass is 35.5. The fraction of sp³-hybridized carbons (Fsp3) is 0.300. The monoisotopic (exact) mass is 211 g/mol. The highest BCUT2D eigenvalue weighted by Gasteiger charge is 2.23. The number of carbonyl (C=O) groups is 1. The SMILES string of the molecule is Cl.NC(=O)C1NCCc2c[c]ccc21.